The third-order valence-electron chi connectivity index (χ3n) is 9.28. The highest BCUT2D eigenvalue weighted by Crippen LogP contribution is 2.23. The van der Waals surface area contributed by atoms with Crippen molar-refractivity contribution >= 4 is 29.7 Å². The van der Waals surface area contributed by atoms with Crippen LogP contribution in [0.25, 0.3) is 11.1 Å². The summed E-state index contributed by atoms with van der Waals surface area (Å²) in [7, 11) is 0. The second-order valence-corrected chi connectivity index (χ2v) is 13.7. The molecular formula is C51H53NO8. The second kappa shape index (κ2) is 25.5. The number of benzene rings is 5. The van der Waals surface area contributed by atoms with Crippen molar-refractivity contribution in [3.63, 3.8) is 0 Å². The predicted molar refractivity (Wildman–Crippen MR) is 237 cm³/mol. The van der Waals surface area contributed by atoms with Gasteiger partial charge in [-0.25, -0.2) is 9.59 Å². The van der Waals surface area contributed by atoms with Crippen molar-refractivity contribution in [3.05, 3.63) is 174 Å². The minimum Gasteiger partial charge on any atom is -0.494 e. The van der Waals surface area contributed by atoms with Crippen molar-refractivity contribution < 1.29 is 38.1 Å². The molecule has 0 spiro atoms. The highest BCUT2D eigenvalue weighted by molar-refractivity contribution is 6.11. The van der Waals surface area contributed by atoms with Crippen molar-refractivity contribution in [2.75, 3.05) is 19.8 Å². The summed E-state index contributed by atoms with van der Waals surface area (Å²) >= 11 is 0. The Hall–Kier alpha value is -6.87. The number of nitrogens with one attached hydrogen (secondary N) is 1. The van der Waals surface area contributed by atoms with E-state index in [2.05, 4.69) is 20.1 Å². The third-order valence-corrected chi connectivity index (χ3v) is 9.28. The average Bonchev–Trinajstić information content (AvgIpc) is 3.30. The van der Waals surface area contributed by atoms with Crippen LogP contribution in [0.15, 0.2) is 147 Å². The van der Waals surface area contributed by atoms with Gasteiger partial charge >= 0.3 is 11.9 Å². The molecule has 1 N–H and O–H groups in total. The van der Waals surface area contributed by atoms with Crippen LogP contribution in [0.5, 0.6) is 17.2 Å². The molecule has 5 aromatic carbocycles. The molecule has 0 fully saturated rings. The second-order valence-electron chi connectivity index (χ2n) is 13.7. The molecule has 0 unspecified atom stereocenters. The Balaban J connectivity index is 0.000000347. The van der Waals surface area contributed by atoms with Gasteiger partial charge in [0.05, 0.1) is 19.8 Å². The monoisotopic (exact) mass is 807 g/mol. The molecule has 0 saturated carbocycles. The molecule has 60 heavy (non-hydrogen) atoms. The molecule has 0 atom stereocenters. The van der Waals surface area contributed by atoms with Crippen LogP contribution in [0.4, 0.5) is 0 Å². The van der Waals surface area contributed by atoms with Crippen LogP contribution in [0.1, 0.15) is 95.7 Å². The van der Waals surface area contributed by atoms with E-state index in [4.69, 9.17) is 24.4 Å². The van der Waals surface area contributed by atoms with E-state index in [0.29, 0.717) is 60.0 Å². The van der Waals surface area contributed by atoms with E-state index in [1.165, 1.54) is 38.3 Å². The maximum atomic E-state index is 13.0. The Labute approximate surface area is 353 Å². The van der Waals surface area contributed by atoms with Crippen molar-refractivity contribution in [1.29, 1.82) is 5.41 Å². The van der Waals surface area contributed by atoms with E-state index in [9.17, 15) is 19.2 Å². The zero-order valence-electron chi connectivity index (χ0n) is 34.2. The number of esters is 2. The molecule has 0 aliphatic rings. The van der Waals surface area contributed by atoms with Crippen LogP contribution in [-0.4, -0.2) is 49.5 Å². The molecule has 0 aliphatic carbocycles. The SMILES string of the molecule is C=CC(=O)OCCCCOc1ccc(C(=O)c2ccc(C(=O)c3ccc(OCCCCCCCC)cc3)cc2)cc1.C=CC(=O)Oc1ccc(-c2ccc(C=N)cc2)cc1. The summed E-state index contributed by atoms with van der Waals surface area (Å²) in [6, 6.07) is 35.8. The van der Waals surface area contributed by atoms with Gasteiger partial charge in [-0.1, -0.05) is 113 Å². The quantitative estimate of drug-likeness (QED) is 0.0172. The van der Waals surface area contributed by atoms with Crippen LogP contribution in [0.2, 0.25) is 0 Å². The van der Waals surface area contributed by atoms with Gasteiger partial charge in [-0.2, -0.15) is 0 Å². The molecule has 0 aromatic heterocycles. The molecular weight excluding hydrogens is 755 g/mol. The lowest BCUT2D eigenvalue weighted by molar-refractivity contribution is -0.138. The third kappa shape index (κ3) is 15.5. The van der Waals surface area contributed by atoms with E-state index in [0.717, 1.165) is 47.4 Å². The number of ketones is 2. The molecule has 310 valence electrons. The van der Waals surface area contributed by atoms with Crippen molar-refractivity contribution in [1.82, 2.24) is 0 Å². The number of hydrogen-bond acceptors (Lipinski definition) is 9. The fourth-order valence-electron chi connectivity index (χ4n) is 5.85. The largest absolute Gasteiger partial charge is 0.494 e. The highest BCUT2D eigenvalue weighted by atomic mass is 16.5. The number of ether oxygens (including phenoxy) is 4. The molecule has 5 aromatic rings. The van der Waals surface area contributed by atoms with Gasteiger partial charge in [0.15, 0.2) is 11.6 Å². The molecule has 5 rings (SSSR count). The maximum Gasteiger partial charge on any atom is 0.335 e. The summed E-state index contributed by atoms with van der Waals surface area (Å²) in [4.78, 5) is 48.0. The van der Waals surface area contributed by atoms with Crippen LogP contribution < -0.4 is 14.2 Å². The topological polar surface area (TPSA) is 129 Å². The van der Waals surface area contributed by atoms with E-state index in [1.807, 2.05) is 48.5 Å². The molecule has 0 heterocycles. The van der Waals surface area contributed by atoms with Crippen LogP contribution >= 0.6 is 0 Å². The first kappa shape index (κ1) is 45.8. The van der Waals surface area contributed by atoms with Gasteiger partial charge in [-0.3, -0.25) is 9.59 Å². The van der Waals surface area contributed by atoms with Crippen LogP contribution in [0, 0.1) is 5.41 Å². The Morgan fingerprint density at radius 2 is 0.867 bits per heavy atom. The van der Waals surface area contributed by atoms with Gasteiger partial charge in [0.1, 0.15) is 17.2 Å². The molecule has 0 bridgehead atoms. The molecule has 0 amide bonds. The number of hydrogen-bond donors (Lipinski definition) is 1. The van der Waals surface area contributed by atoms with Crippen LogP contribution in [-0.2, 0) is 14.3 Å². The smallest absolute Gasteiger partial charge is 0.335 e. The Morgan fingerprint density at radius 3 is 1.32 bits per heavy atom. The summed E-state index contributed by atoms with van der Waals surface area (Å²) in [5.41, 5.74) is 5.06. The van der Waals surface area contributed by atoms with Crippen LogP contribution in [0.3, 0.4) is 0 Å². The number of carbonyl (C=O) groups is 4. The fourth-order valence-corrected chi connectivity index (χ4v) is 5.85. The lowest BCUT2D eigenvalue weighted by Gasteiger charge is -2.08. The zero-order chi connectivity index (χ0) is 43.0. The molecule has 0 saturated heterocycles. The highest BCUT2D eigenvalue weighted by Gasteiger charge is 2.13. The van der Waals surface area contributed by atoms with Gasteiger partial charge < -0.3 is 24.4 Å². The summed E-state index contributed by atoms with van der Waals surface area (Å²) in [6.45, 7) is 10.4. The Morgan fingerprint density at radius 1 is 0.483 bits per heavy atom. The summed E-state index contributed by atoms with van der Waals surface area (Å²) in [5, 5.41) is 7.15. The van der Waals surface area contributed by atoms with E-state index < -0.39 is 11.9 Å². The molecule has 9 heteroatoms. The molecule has 0 radical (unpaired) electrons. The minimum absolute atomic E-state index is 0.105. The van der Waals surface area contributed by atoms with E-state index >= 15 is 0 Å². The number of rotatable bonds is 23. The van der Waals surface area contributed by atoms with Gasteiger partial charge in [0.2, 0.25) is 0 Å². The summed E-state index contributed by atoms with van der Waals surface area (Å²) < 4.78 is 21.4. The van der Waals surface area contributed by atoms with Gasteiger partial charge in [-0.05, 0) is 96.6 Å². The Bertz CT molecular complexity index is 2140. The van der Waals surface area contributed by atoms with Gasteiger partial charge in [0.25, 0.3) is 0 Å². The predicted octanol–water partition coefficient (Wildman–Crippen LogP) is 11.2. The summed E-state index contributed by atoms with van der Waals surface area (Å²) in [5.74, 6) is 0.774. The number of carbonyl (C=O) groups excluding carboxylic acids is 4. The minimum atomic E-state index is -0.469. The first-order valence-electron chi connectivity index (χ1n) is 20.2. The standard InChI is InChI=1S/C35H40O6.C16H13NO2/c1-3-5-6-7-8-9-24-39-31-20-16-29(17-21-31)34(37)27-12-14-28(15-13-27)35(38)30-18-22-32(23-19-30)40-25-10-11-26-41-33(36)4-2;1-2-16(18)19-15-9-7-14(8-10-15)13-5-3-12(11-17)4-6-13/h4,12-23H,2-3,5-11,24-26H2,1H3;2-11,17H,1H2. The Kier molecular flexibility index (Phi) is 19.5. The van der Waals surface area contributed by atoms with Crippen molar-refractivity contribution in [2.45, 2.75) is 58.3 Å². The summed E-state index contributed by atoms with van der Waals surface area (Å²) in [6.07, 6.45) is 12.3. The molecule has 9 nitrogen and oxygen atoms in total. The average molecular weight is 808 g/mol. The van der Waals surface area contributed by atoms with Crippen molar-refractivity contribution in [2.24, 2.45) is 0 Å². The lowest BCUT2D eigenvalue weighted by Crippen LogP contribution is -2.05. The normalized spacial score (nSPS) is 10.3. The fraction of sp³-hybridized carbons (Fsp3) is 0.235. The van der Waals surface area contributed by atoms with Gasteiger partial charge in [0, 0.05) is 40.6 Å². The number of unbranched alkanes of at least 4 members (excludes halogenated alkanes) is 6. The maximum absolute atomic E-state index is 13.0. The van der Waals surface area contributed by atoms with Crippen molar-refractivity contribution in [3.8, 4) is 28.4 Å². The van der Waals surface area contributed by atoms with E-state index in [-0.39, 0.29) is 11.6 Å². The van der Waals surface area contributed by atoms with Gasteiger partial charge in [-0.15, -0.1) is 0 Å². The first-order valence-corrected chi connectivity index (χ1v) is 20.2. The first-order chi connectivity index (χ1) is 29.2. The lowest BCUT2D eigenvalue weighted by atomic mass is 9.98. The van der Waals surface area contributed by atoms with E-state index in [1.54, 1.807) is 72.8 Å². The molecule has 0 aliphatic heterocycles. The zero-order valence-corrected chi connectivity index (χ0v) is 34.2.